The first-order valence-electron chi connectivity index (χ1n) is 13.2. The van der Waals surface area contributed by atoms with Gasteiger partial charge in [-0.2, -0.15) is 0 Å². The van der Waals surface area contributed by atoms with Gasteiger partial charge in [0.1, 0.15) is 12.0 Å². The monoisotopic (exact) mass is 574 g/mol. The molecule has 0 fully saturated rings. The molecule has 0 aliphatic rings. The summed E-state index contributed by atoms with van der Waals surface area (Å²) in [4.78, 5) is 34.0. The minimum Gasteiger partial charge on any atom is -0.481 e. The van der Waals surface area contributed by atoms with Gasteiger partial charge in [0, 0.05) is 24.8 Å². The number of rotatable bonds is 8. The van der Waals surface area contributed by atoms with Gasteiger partial charge in [-0.1, -0.05) is 38.5 Å². The number of carbonyl (C=O) groups is 3. The number of aromatic nitrogens is 2. The molecule has 2 aromatic carbocycles. The number of halogens is 2. The predicted molar refractivity (Wildman–Crippen MR) is 159 cm³/mol. The molecule has 0 saturated heterocycles. The van der Waals surface area contributed by atoms with Crippen LogP contribution in [-0.4, -0.2) is 53.8 Å². The molecule has 3 aromatic rings. The third kappa shape index (κ3) is 13.9. The lowest BCUT2D eigenvalue weighted by atomic mass is 9.91. The van der Waals surface area contributed by atoms with E-state index in [1.165, 1.54) is 13.1 Å². The molecule has 0 spiro atoms. The summed E-state index contributed by atoms with van der Waals surface area (Å²) in [6, 6.07) is 5.86. The quantitative estimate of drug-likeness (QED) is 0.301. The fraction of sp³-hybridized carbons (Fsp3) is 0.419. The van der Waals surface area contributed by atoms with Crippen molar-refractivity contribution in [1.29, 1.82) is 0 Å². The van der Waals surface area contributed by atoms with Crippen molar-refractivity contribution >= 4 is 18.5 Å². The molecule has 1 atom stereocenters. The Bertz CT molecular complexity index is 1230. The molecule has 1 unspecified atom stereocenters. The van der Waals surface area contributed by atoms with Gasteiger partial charge in [-0.15, -0.1) is 0 Å². The molecule has 8 nitrogen and oxygen atoms in total. The molecule has 0 radical (unpaired) electrons. The predicted octanol–water partition coefficient (Wildman–Crippen LogP) is 5.59. The normalized spacial score (nSPS) is 10.7. The summed E-state index contributed by atoms with van der Waals surface area (Å²) in [6.45, 7) is 12.8. The molecule has 10 heteroatoms. The summed E-state index contributed by atoms with van der Waals surface area (Å²) in [5, 5.41) is 14.4. The lowest BCUT2D eigenvalue weighted by Crippen LogP contribution is -2.21. The second-order valence-electron chi connectivity index (χ2n) is 10.1. The van der Waals surface area contributed by atoms with Crippen molar-refractivity contribution in [3.63, 3.8) is 0 Å². The summed E-state index contributed by atoms with van der Waals surface area (Å²) in [5.41, 5.74) is 4.90. The Labute approximate surface area is 242 Å². The van der Waals surface area contributed by atoms with Gasteiger partial charge in [-0.05, 0) is 75.2 Å². The molecule has 3 rings (SSSR count). The van der Waals surface area contributed by atoms with Crippen LogP contribution in [0.1, 0.15) is 66.0 Å². The zero-order valence-electron chi connectivity index (χ0n) is 25.5. The fourth-order valence-electron chi connectivity index (χ4n) is 3.76. The van der Waals surface area contributed by atoms with E-state index < -0.39 is 23.6 Å². The first kappa shape index (κ1) is 37.2. The van der Waals surface area contributed by atoms with Crippen molar-refractivity contribution in [3.8, 4) is 11.1 Å². The largest absolute Gasteiger partial charge is 0.481 e. The number of hydrogen-bond donors (Lipinski definition) is 3. The number of carboxylic acids is 1. The Balaban J connectivity index is 0.000000762. The molecule has 0 saturated carbocycles. The fourth-order valence-corrected chi connectivity index (χ4v) is 3.76. The van der Waals surface area contributed by atoms with Crippen LogP contribution in [0.2, 0.25) is 0 Å². The highest BCUT2D eigenvalue weighted by Crippen LogP contribution is 2.33. The Kier molecular flexibility index (Phi) is 17.6. The number of aldehydes is 2. The van der Waals surface area contributed by atoms with Gasteiger partial charge < -0.3 is 25.1 Å². The molecule has 226 valence electrons. The van der Waals surface area contributed by atoms with E-state index in [-0.39, 0.29) is 12.0 Å². The van der Waals surface area contributed by atoms with Crippen LogP contribution in [0, 0.1) is 38.3 Å². The second kappa shape index (κ2) is 19.3. The number of carboxylic acid groups (broad SMARTS) is 1. The minimum absolute atomic E-state index is 0.0225. The average Bonchev–Trinajstić information content (AvgIpc) is 3.30. The van der Waals surface area contributed by atoms with E-state index in [2.05, 4.69) is 36.4 Å². The molecule has 0 bridgehead atoms. The molecular weight excluding hydrogens is 530 g/mol. The Hall–Kier alpha value is -3.76. The van der Waals surface area contributed by atoms with Gasteiger partial charge in [0.25, 0.3) is 0 Å². The zero-order chi connectivity index (χ0) is 31.7. The number of imidazole rings is 1. The molecule has 1 heterocycles. The van der Waals surface area contributed by atoms with Crippen LogP contribution < -0.4 is 10.6 Å². The van der Waals surface area contributed by atoms with E-state index in [4.69, 9.17) is 5.11 Å². The summed E-state index contributed by atoms with van der Waals surface area (Å²) >= 11 is 0. The van der Waals surface area contributed by atoms with Gasteiger partial charge in [0.15, 0.2) is 17.9 Å². The maximum Gasteiger partial charge on any atom is 0.305 e. The number of likely N-dealkylation sites (N-methyl/N-ethyl adjacent to an activating group) is 1. The highest BCUT2D eigenvalue weighted by molar-refractivity contribution is 5.73. The molecule has 0 aliphatic heterocycles. The van der Waals surface area contributed by atoms with Crippen LogP contribution in [0.4, 0.5) is 8.78 Å². The van der Waals surface area contributed by atoms with Crippen LogP contribution in [0.15, 0.2) is 36.8 Å². The van der Waals surface area contributed by atoms with Crippen LogP contribution in [0.3, 0.4) is 0 Å². The number of aryl methyl sites for hydroxylation is 4. The Morgan fingerprint density at radius 1 is 1.05 bits per heavy atom. The van der Waals surface area contributed by atoms with Crippen molar-refractivity contribution in [1.82, 2.24) is 20.2 Å². The van der Waals surface area contributed by atoms with Gasteiger partial charge in [0.2, 0.25) is 0 Å². The third-order valence-electron chi connectivity index (χ3n) is 5.26. The number of carbonyl (C=O) groups excluding carboxylic acids is 2. The lowest BCUT2D eigenvalue weighted by molar-refractivity contribution is -0.137. The number of nitrogens with one attached hydrogen (secondary N) is 2. The lowest BCUT2D eigenvalue weighted by Gasteiger charge is -2.19. The van der Waals surface area contributed by atoms with E-state index in [1.54, 1.807) is 24.1 Å². The highest BCUT2D eigenvalue weighted by Gasteiger charge is 2.22. The van der Waals surface area contributed by atoms with E-state index in [0.717, 1.165) is 46.8 Å². The molecule has 1 aromatic heterocycles. The first-order valence-corrected chi connectivity index (χ1v) is 13.2. The van der Waals surface area contributed by atoms with Gasteiger partial charge in [0.05, 0.1) is 19.3 Å². The summed E-state index contributed by atoms with van der Waals surface area (Å²) in [7, 11) is 5.08. The van der Waals surface area contributed by atoms with Crippen LogP contribution in [0.25, 0.3) is 11.1 Å². The number of hydrogen-bond acceptors (Lipinski definition) is 6. The van der Waals surface area contributed by atoms with E-state index in [9.17, 15) is 23.2 Å². The highest BCUT2D eigenvalue weighted by atomic mass is 19.2. The smallest absolute Gasteiger partial charge is 0.305 e. The summed E-state index contributed by atoms with van der Waals surface area (Å²) < 4.78 is 30.1. The van der Waals surface area contributed by atoms with Gasteiger partial charge in [-0.25, -0.2) is 13.8 Å². The topological polar surface area (TPSA) is 113 Å². The number of aliphatic carboxylic acids is 1. The molecule has 0 amide bonds. The molecular formula is C31H44F2N4O4. The molecule has 3 N–H and O–H groups in total. The van der Waals surface area contributed by atoms with E-state index in [0.29, 0.717) is 17.8 Å². The van der Waals surface area contributed by atoms with Crippen molar-refractivity contribution in [2.24, 2.45) is 13.0 Å². The second-order valence-corrected chi connectivity index (χ2v) is 10.1. The first-order chi connectivity index (χ1) is 19.2. The van der Waals surface area contributed by atoms with Gasteiger partial charge >= 0.3 is 5.97 Å². The maximum atomic E-state index is 14.2. The van der Waals surface area contributed by atoms with Crippen molar-refractivity contribution in [3.05, 3.63) is 76.4 Å². The number of nitrogens with zero attached hydrogens (tertiary/aromatic N) is 2. The molecule has 41 heavy (non-hydrogen) atoms. The standard InChI is InChI=1S/C19H21F2NO2.C5H6N2O.C4H10.C3H7NO/c1-10-5-11(2)18(12(3)6-10)13-7-14(19(21)15(20)8-13)16(22-4)9-17(23)24;1-7-2-5(3-8)6-4-7;1-4(2)3;1-4-2-3-5/h5-8,16,22H,9H2,1-4H3,(H,23,24);2-4H,1H3;4H,1-3H3;3-4H,2H2,1H3. The minimum atomic E-state index is -1.08. The van der Waals surface area contributed by atoms with Crippen LogP contribution >= 0.6 is 0 Å². The van der Waals surface area contributed by atoms with E-state index >= 15 is 0 Å². The summed E-state index contributed by atoms with van der Waals surface area (Å²) in [6.07, 6.45) is 4.46. The average molecular weight is 575 g/mol. The van der Waals surface area contributed by atoms with Crippen molar-refractivity contribution < 1.29 is 28.3 Å². The SMILES string of the molecule is CC(C)C.CNC(CC(=O)O)c1cc(-c2c(C)cc(C)cc2C)cc(F)c1F.CNCC=O.Cn1cnc(C=O)c1. The van der Waals surface area contributed by atoms with Crippen molar-refractivity contribution in [2.75, 3.05) is 20.6 Å². The molecule has 0 aliphatic carbocycles. The Morgan fingerprint density at radius 3 is 1.95 bits per heavy atom. The third-order valence-corrected chi connectivity index (χ3v) is 5.26. The van der Waals surface area contributed by atoms with Crippen LogP contribution in [-0.2, 0) is 16.6 Å². The summed E-state index contributed by atoms with van der Waals surface area (Å²) in [5.74, 6) is -2.24. The van der Waals surface area contributed by atoms with Crippen molar-refractivity contribution in [2.45, 2.75) is 54.0 Å². The number of benzene rings is 2. The Morgan fingerprint density at radius 2 is 1.61 bits per heavy atom. The maximum absolute atomic E-state index is 14.2. The van der Waals surface area contributed by atoms with Crippen LogP contribution in [0.5, 0.6) is 0 Å². The zero-order valence-corrected chi connectivity index (χ0v) is 25.5. The van der Waals surface area contributed by atoms with E-state index in [1.807, 2.05) is 40.0 Å². The van der Waals surface area contributed by atoms with Gasteiger partial charge in [-0.3, -0.25) is 9.59 Å².